The Labute approximate surface area is 172 Å². The SMILES string of the molecule is COc1ccccc1C[C@H](NC(=O)Cc1cc(C(F)(F)F)cc(C(F)(F)F)c1)C(=O)O. The maximum absolute atomic E-state index is 12.9. The van der Waals surface area contributed by atoms with Gasteiger partial charge in [-0.3, -0.25) is 4.79 Å². The maximum atomic E-state index is 12.9. The molecule has 5 nitrogen and oxygen atoms in total. The Kier molecular flexibility index (Phi) is 7.19. The van der Waals surface area contributed by atoms with Gasteiger partial charge in [-0.2, -0.15) is 26.3 Å². The zero-order chi connectivity index (χ0) is 23.4. The van der Waals surface area contributed by atoms with Gasteiger partial charge in [-0.25, -0.2) is 4.79 Å². The molecular formula is C20H17F6NO4. The molecule has 0 bridgehead atoms. The lowest BCUT2D eigenvalue weighted by Gasteiger charge is -2.17. The summed E-state index contributed by atoms with van der Waals surface area (Å²) in [6, 6.07) is 5.69. The van der Waals surface area contributed by atoms with E-state index in [4.69, 9.17) is 4.74 Å². The standard InChI is InChI=1S/C20H17F6NO4/c1-31-16-5-3-2-4-12(16)9-15(18(29)30)27-17(28)8-11-6-13(19(21,22)23)10-14(7-11)20(24,25)26/h2-7,10,15H,8-9H2,1H3,(H,27,28)(H,29,30)/t15-/m0/s1. The number of carbonyl (C=O) groups excluding carboxylic acids is 1. The van der Waals surface area contributed by atoms with Crippen molar-refractivity contribution in [3.63, 3.8) is 0 Å². The first kappa shape index (κ1) is 24.0. The van der Waals surface area contributed by atoms with Gasteiger partial charge in [-0.05, 0) is 35.4 Å². The average Bonchev–Trinajstić information content (AvgIpc) is 2.66. The average molecular weight is 449 g/mol. The highest BCUT2D eigenvalue weighted by atomic mass is 19.4. The van der Waals surface area contributed by atoms with Crippen LogP contribution in [-0.2, 0) is 34.8 Å². The van der Waals surface area contributed by atoms with Crippen molar-refractivity contribution in [1.29, 1.82) is 0 Å². The molecule has 2 aromatic carbocycles. The lowest BCUT2D eigenvalue weighted by atomic mass is 10.0. The number of hydrogen-bond acceptors (Lipinski definition) is 3. The van der Waals surface area contributed by atoms with Crippen LogP contribution in [0, 0.1) is 0 Å². The zero-order valence-corrected chi connectivity index (χ0v) is 16.0. The Morgan fingerprint density at radius 3 is 2.03 bits per heavy atom. The summed E-state index contributed by atoms with van der Waals surface area (Å²) in [5.41, 5.74) is -3.24. The second-order valence-electron chi connectivity index (χ2n) is 6.57. The number of carboxylic acid groups (broad SMARTS) is 1. The van der Waals surface area contributed by atoms with Crippen molar-refractivity contribution in [2.45, 2.75) is 31.2 Å². The lowest BCUT2D eigenvalue weighted by Crippen LogP contribution is -2.43. The zero-order valence-electron chi connectivity index (χ0n) is 16.0. The molecule has 11 heteroatoms. The monoisotopic (exact) mass is 449 g/mol. The van der Waals surface area contributed by atoms with Crippen LogP contribution < -0.4 is 10.1 Å². The van der Waals surface area contributed by atoms with E-state index in [0.29, 0.717) is 23.4 Å². The van der Waals surface area contributed by atoms with Gasteiger partial charge >= 0.3 is 18.3 Å². The Bertz CT molecular complexity index is 923. The van der Waals surface area contributed by atoms with Gasteiger partial charge in [0, 0.05) is 6.42 Å². The van der Waals surface area contributed by atoms with E-state index in [1.54, 1.807) is 24.3 Å². The van der Waals surface area contributed by atoms with Crippen molar-refractivity contribution >= 4 is 11.9 Å². The Hall–Kier alpha value is -3.24. The van der Waals surface area contributed by atoms with Crippen LogP contribution in [0.4, 0.5) is 26.3 Å². The van der Waals surface area contributed by atoms with Gasteiger partial charge in [0.15, 0.2) is 0 Å². The summed E-state index contributed by atoms with van der Waals surface area (Å²) in [4.78, 5) is 23.7. The molecule has 2 rings (SSSR count). The molecule has 0 radical (unpaired) electrons. The van der Waals surface area contributed by atoms with Gasteiger partial charge in [-0.15, -0.1) is 0 Å². The highest BCUT2D eigenvalue weighted by Gasteiger charge is 2.37. The summed E-state index contributed by atoms with van der Waals surface area (Å²) in [5, 5.41) is 11.5. The molecule has 1 atom stereocenters. The van der Waals surface area contributed by atoms with Crippen molar-refractivity contribution in [3.8, 4) is 5.75 Å². The van der Waals surface area contributed by atoms with E-state index in [0.717, 1.165) is 0 Å². The molecule has 2 N–H and O–H groups in total. The van der Waals surface area contributed by atoms with Crippen LogP contribution in [0.1, 0.15) is 22.3 Å². The van der Waals surface area contributed by atoms with Crippen molar-refractivity contribution < 1.29 is 45.8 Å². The van der Waals surface area contributed by atoms with Crippen molar-refractivity contribution in [3.05, 3.63) is 64.7 Å². The maximum Gasteiger partial charge on any atom is 0.416 e. The molecule has 0 spiro atoms. The van der Waals surface area contributed by atoms with E-state index < -0.39 is 53.4 Å². The Morgan fingerprint density at radius 2 is 1.55 bits per heavy atom. The number of carbonyl (C=O) groups is 2. The molecule has 0 aliphatic rings. The third-order valence-electron chi connectivity index (χ3n) is 4.26. The predicted octanol–water partition coefficient (Wildman–Crippen LogP) is 4.09. The smallest absolute Gasteiger partial charge is 0.416 e. The predicted molar refractivity (Wildman–Crippen MR) is 96.4 cm³/mol. The molecule has 168 valence electrons. The van der Waals surface area contributed by atoms with E-state index in [9.17, 15) is 41.0 Å². The van der Waals surface area contributed by atoms with Crippen molar-refractivity contribution in [1.82, 2.24) is 5.32 Å². The fourth-order valence-corrected chi connectivity index (χ4v) is 2.84. The quantitative estimate of drug-likeness (QED) is 0.625. The van der Waals surface area contributed by atoms with Crippen LogP contribution in [0.25, 0.3) is 0 Å². The first-order valence-electron chi connectivity index (χ1n) is 8.73. The highest BCUT2D eigenvalue weighted by molar-refractivity contribution is 5.85. The second-order valence-corrected chi connectivity index (χ2v) is 6.57. The van der Waals surface area contributed by atoms with E-state index in [2.05, 4.69) is 5.32 Å². The van der Waals surface area contributed by atoms with E-state index in [1.807, 2.05) is 0 Å². The number of carboxylic acids is 1. The van der Waals surface area contributed by atoms with Gasteiger partial charge in [0.05, 0.1) is 24.7 Å². The van der Waals surface area contributed by atoms with Crippen molar-refractivity contribution in [2.75, 3.05) is 7.11 Å². The molecule has 0 unspecified atom stereocenters. The topological polar surface area (TPSA) is 75.6 Å². The summed E-state index contributed by atoms with van der Waals surface area (Å²) < 4.78 is 82.8. The fraction of sp³-hybridized carbons (Fsp3) is 0.300. The van der Waals surface area contributed by atoms with Gasteiger partial charge < -0.3 is 15.2 Å². The fourth-order valence-electron chi connectivity index (χ4n) is 2.84. The molecule has 0 aliphatic heterocycles. The summed E-state index contributed by atoms with van der Waals surface area (Å²) in [5.74, 6) is -2.12. The molecular weight excluding hydrogens is 432 g/mol. The van der Waals surface area contributed by atoms with Gasteiger partial charge in [0.2, 0.25) is 5.91 Å². The number of nitrogens with one attached hydrogen (secondary N) is 1. The number of amides is 1. The summed E-state index contributed by atoms with van der Waals surface area (Å²) in [7, 11) is 1.36. The molecule has 0 saturated carbocycles. The summed E-state index contributed by atoms with van der Waals surface area (Å²) in [6.07, 6.45) is -11.2. The molecule has 0 fully saturated rings. The number of alkyl halides is 6. The molecule has 0 saturated heterocycles. The lowest BCUT2D eigenvalue weighted by molar-refractivity contribution is -0.143. The van der Waals surface area contributed by atoms with E-state index >= 15 is 0 Å². The minimum atomic E-state index is -5.06. The number of hydrogen-bond donors (Lipinski definition) is 2. The number of rotatable bonds is 7. The summed E-state index contributed by atoms with van der Waals surface area (Å²) in [6.45, 7) is 0. The second kappa shape index (κ2) is 9.27. The number of benzene rings is 2. The number of methoxy groups -OCH3 is 1. The minimum absolute atomic E-state index is 0.0524. The van der Waals surface area contributed by atoms with Crippen LogP contribution in [0.15, 0.2) is 42.5 Å². The number of ether oxygens (including phenoxy) is 1. The van der Waals surface area contributed by atoms with E-state index in [-0.39, 0.29) is 12.5 Å². The van der Waals surface area contributed by atoms with Gasteiger partial charge in [-0.1, -0.05) is 18.2 Å². The van der Waals surface area contributed by atoms with Crippen LogP contribution in [0.3, 0.4) is 0 Å². The van der Waals surface area contributed by atoms with Crippen LogP contribution >= 0.6 is 0 Å². The highest BCUT2D eigenvalue weighted by Crippen LogP contribution is 2.36. The largest absolute Gasteiger partial charge is 0.496 e. The van der Waals surface area contributed by atoms with Crippen LogP contribution in [-0.4, -0.2) is 30.1 Å². The third kappa shape index (κ3) is 6.63. The Morgan fingerprint density at radius 1 is 1.00 bits per heavy atom. The normalized spacial score (nSPS) is 12.9. The molecule has 0 aliphatic carbocycles. The van der Waals surface area contributed by atoms with E-state index in [1.165, 1.54) is 7.11 Å². The molecule has 1 amide bonds. The van der Waals surface area contributed by atoms with Crippen molar-refractivity contribution in [2.24, 2.45) is 0 Å². The van der Waals surface area contributed by atoms with Crippen LogP contribution in [0.2, 0.25) is 0 Å². The Balaban J connectivity index is 2.24. The molecule has 31 heavy (non-hydrogen) atoms. The van der Waals surface area contributed by atoms with Gasteiger partial charge in [0.1, 0.15) is 11.8 Å². The minimum Gasteiger partial charge on any atom is -0.496 e. The third-order valence-corrected chi connectivity index (χ3v) is 4.26. The van der Waals surface area contributed by atoms with Gasteiger partial charge in [0.25, 0.3) is 0 Å². The number of aliphatic carboxylic acids is 1. The molecule has 0 heterocycles. The molecule has 2 aromatic rings. The van der Waals surface area contributed by atoms with Crippen LogP contribution in [0.5, 0.6) is 5.75 Å². The molecule has 0 aromatic heterocycles. The first-order chi connectivity index (χ1) is 14.3. The first-order valence-corrected chi connectivity index (χ1v) is 8.73. The number of halogens is 6. The number of para-hydroxylation sites is 1. The summed E-state index contributed by atoms with van der Waals surface area (Å²) >= 11 is 0.